The number of hydrogen-bond donors (Lipinski definition) is 0. The van der Waals surface area contributed by atoms with Gasteiger partial charge in [0.2, 0.25) is 0 Å². The molecular formula is C7H6O5. The molecule has 0 aromatic carbocycles. The van der Waals surface area contributed by atoms with Gasteiger partial charge in [-0.05, 0) is 0 Å². The minimum absolute atomic E-state index is 0.597. The van der Waals surface area contributed by atoms with Crippen LogP contribution in [0.1, 0.15) is 6.92 Å². The number of fused-ring (bicyclic) bond motifs is 1. The maximum atomic E-state index is 10.8. The summed E-state index contributed by atoms with van der Waals surface area (Å²) in [6.45, 7) is 1.53. The highest BCUT2D eigenvalue weighted by Gasteiger charge is 2.60. The summed E-state index contributed by atoms with van der Waals surface area (Å²) in [4.78, 5) is 21.6. The number of carbonyl (C=O) groups excluding carboxylic acids is 2. The summed E-state index contributed by atoms with van der Waals surface area (Å²) in [5.74, 6) is -2.27. The SMILES string of the molecule is CC12OC(=O)/C=C\C(=O)OC1O2. The van der Waals surface area contributed by atoms with Crippen LogP contribution in [-0.4, -0.2) is 24.0 Å². The molecule has 2 rings (SSSR count). The fourth-order valence-electron chi connectivity index (χ4n) is 0.896. The zero-order chi connectivity index (χ0) is 8.77. The van der Waals surface area contributed by atoms with E-state index in [-0.39, 0.29) is 0 Å². The molecule has 0 saturated carbocycles. The zero-order valence-corrected chi connectivity index (χ0v) is 6.27. The van der Waals surface area contributed by atoms with Gasteiger partial charge in [0, 0.05) is 19.1 Å². The number of ether oxygens (including phenoxy) is 3. The molecule has 12 heavy (non-hydrogen) atoms. The molecular weight excluding hydrogens is 164 g/mol. The molecule has 5 nitrogen and oxygen atoms in total. The second-order valence-electron chi connectivity index (χ2n) is 2.66. The highest BCUT2D eigenvalue weighted by molar-refractivity contribution is 5.92. The quantitative estimate of drug-likeness (QED) is 0.369. The summed E-state index contributed by atoms with van der Waals surface area (Å²) in [6, 6.07) is 0. The van der Waals surface area contributed by atoms with Crippen molar-refractivity contribution in [3.8, 4) is 0 Å². The van der Waals surface area contributed by atoms with Gasteiger partial charge in [0.15, 0.2) is 0 Å². The van der Waals surface area contributed by atoms with Gasteiger partial charge in [-0.15, -0.1) is 0 Å². The number of carbonyl (C=O) groups is 2. The number of hydrogen-bond acceptors (Lipinski definition) is 5. The van der Waals surface area contributed by atoms with Crippen molar-refractivity contribution in [1.29, 1.82) is 0 Å². The van der Waals surface area contributed by atoms with E-state index in [1.165, 1.54) is 6.92 Å². The van der Waals surface area contributed by atoms with Gasteiger partial charge in [-0.3, -0.25) is 4.74 Å². The molecule has 0 aliphatic carbocycles. The van der Waals surface area contributed by atoms with Gasteiger partial charge in [0.1, 0.15) is 0 Å². The van der Waals surface area contributed by atoms with Crippen LogP contribution in [0.2, 0.25) is 0 Å². The fourth-order valence-corrected chi connectivity index (χ4v) is 0.896. The molecule has 2 aliphatic rings. The van der Waals surface area contributed by atoms with Crippen LogP contribution in [0.15, 0.2) is 12.2 Å². The van der Waals surface area contributed by atoms with E-state index >= 15 is 0 Å². The van der Waals surface area contributed by atoms with E-state index in [1.54, 1.807) is 0 Å². The average molecular weight is 170 g/mol. The van der Waals surface area contributed by atoms with E-state index in [0.717, 1.165) is 12.2 Å². The monoisotopic (exact) mass is 170 g/mol. The van der Waals surface area contributed by atoms with E-state index < -0.39 is 24.0 Å². The van der Waals surface area contributed by atoms with Crippen LogP contribution in [0.4, 0.5) is 0 Å². The Kier molecular flexibility index (Phi) is 1.26. The molecule has 0 spiro atoms. The first kappa shape index (κ1) is 7.30. The highest BCUT2D eigenvalue weighted by atomic mass is 16.9. The van der Waals surface area contributed by atoms with Gasteiger partial charge < -0.3 is 9.47 Å². The van der Waals surface area contributed by atoms with Gasteiger partial charge in [0.05, 0.1) is 0 Å². The van der Waals surface area contributed by atoms with Gasteiger partial charge >= 0.3 is 11.9 Å². The Morgan fingerprint density at radius 1 is 1.33 bits per heavy atom. The van der Waals surface area contributed by atoms with Crippen molar-refractivity contribution in [3.05, 3.63) is 12.2 Å². The predicted molar refractivity (Wildman–Crippen MR) is 34.6 cm³/mol. The Labute approximate surface area is 67.9 Å². The Hall–Kier alpha value is -1.36. The van der Waals surface area contributed by atoms with E-state index in [4.69, 9.17) is 14.2 Å². The number of epoxide rings is 1. The molecule has 64 valence electrons. The first-order valence-electron chi connectivity index (χ1n) is 3.40. The standard InChI is InChI=1S/C7H6O5/c1-7-6(12-7)10-4(8)2-3-5(9)11-7/h2-3,6H,1H3/b3-2-. The van der Waals surface area contributed by atoms with Crippen LogP contribution >= 0.6 is 0 Å². The molecule has 0 bridgehead atoms. The summed E-state index contributed by atoms with van der Waals surface area (Å²) in [5, 5.41) is 0. The average Bonchev–Trinajstić information content (AvgIpc) is 2.54. The summed E-state index contributed by atoms with van der Waals surface area (Å²) in [6.07, 6.45) is 1.26. The maximum absolute atomic E-state index is 10.8. The fraction of sp³-hybridized carbons (Fsp3) is 0.429. The molecule has 0 radical (unpaired) electrons. The summed E-state index contributed by atoms with van der Waals surface area (Å²) >= 11 is 0. The first-order chi connectivity index (χ1) is 5.60. The van der Waals surface area contributed by atoms with E-state index in [2.05, 4.69) is 0 Å². The van der Waals surface area contributed by atoms with Crippen molar-refractivity contribution in [2.75, 3.05) is 0 Å². The lowest BCUT2D eigenvalue weighted by atomic mass is 10.4. The topological polar surface area (TPSA) is 65.1 Å². The maximum Gasteiger partial charge on any atom is 0.333 e. The molecule has 2 aliphatic heterocycles. The molecule has 2 unspecified atom stereocenters. The lowest BCUT2D eigenvalue weighted by Gasteiger charge is -2.07. The van der Waals surface area contributed by atoms with Crippen molar-refractivity contribution < 1.29 is 23.8 Å². The van der Waals surface area contributed by atoms with Crippen molar-refractivity contribution in [3.63, 3.8) is 0 Å². The highest BCUT2D eigenvalue weighted by Crippen LogP contribution is 2.39. The largest absolute Gasteiger partial charge is 0.425 e. The summed E-state index contributed by atoms with van der Waals surface area (Å²) in [5.41, 5.74) is 0. The third kappa shape index (κ3) is 1.08. The lowest BCUT2D eigenvalue weighted by Crippen LogP contribution is -2.23. The normalized spacial score (nSPS) is 41.6. The van der Waals surface area contributed by atoms with Crippen molar-refractivity contribution in [1.82, 2.24) is 0 Å². The molecule has 2 atom stereocenters. The second kappa shape index (κ2) is 2.07. The van der Waals surface area contributed by atoms with Crippen molar-refractivity contribution >= 4 is 11.9 Å². The van der Waals surface area contributed by atoms with Crippen LogP contribution < -0.4 is 0 Å². The van der Waals surface area contributed by atoms with Gasteiger partial charge in [0.25, 0.3) is 12.1 Å². The van der Waals surface area contributed by atoms with E-state index in [9.17, 15) is 9.59 Å². The summed E-state index contributed by atoms with van der Waals surface area (Å²) in [7, 11) is 0. The Bertz CT molecular complexity index is 282. The van der Waals surface area contributed by atoms with Gasteiger partial charge in [-0.25, -0.2) is 9.59 Å². The number of rotatable bonds is 0. The lowest BCUT2D eigenvalue weighted by molar-refractivity contribution is -0.155. The predicted octanol–water partition coefficient (Wildman–Crippen LogP) is -0.285. The molecule has 1 saturated heterocycles. The minimum Gasteiger partial charge on any atom is -0.425 e. The molecule has 0 N–H and O–H groups in total. The Morgan fingerprint density at radius 2 is 2.00 bits per heavy atom. The van der Waals surface area contributed by atoms with Crippen LogP contribution in [-0.2, 0) is 23.8 Å². The smallest absolute Gasteiger partial charge is 0.333 e. The molecule has 0 amide bonds. The second-order valence-corrected chi connectivity index (χ2v) is 2.66. The first-order valence-corrected chi connectivity index (χ1v) is 3.40. The zero-order valence-electron chi connectivity index (χ0n) is 6.27. The van der Waals surface area contributed by atoms with E-state index in [1.807, 2.05) is 0 Å². The van der Waals surface area contributed by atoms with Crippen LogP contribution in [0, 0.1) is 0 Å². The molecule has 1 fully saturated rings. The molecule has 0 aromatic rings. The van der Waals surface area contributed by atoms with Crippen LogP contribution in [0.5, 0.6) is 0 Å². The van der Waals surface area contributed by atoms with Gasteiger partial charge in [-0.1, -0.05) is 0 Å². The molecule has 5 heteroatoms. The third-order valence-corrected chi connectivity index (χ3v) is 1.59. The van der Waals surface area contributed by atoms with Crippen LogP contribution in [0.3, 0.4) is 0 Å². The van der Waals surface area contributed by atoms with E-state index in [0.29, 0.717) is 0 Å². The Morgan fingerprint density at radius 3 is 2.75 bits per heavy atom. The van der Waals surface area contributed by atoms with Crippen LogP contribution in [0.25, 0.3) is 0 Å². The third-order valence-electron chi connectivity index (χ3n) is 1.59. The summed E-state index contributed by atoms with van der Waals surface area (Å²) < 4.78 is 14.3. The minimum atomic E-state index is -1.07. The van der Waals surface area contributed by atoms with Gasteiger partial charge in [-0.2, -0.15) is 0 Å². The van der Waals surface area contributed by atoms with Crippen molar-refractivity contribution in [2.45, 2.75) is 19.0 Å². The molecule has 2 heterocycles. The molecule has 0 aromatic heterocycles. The number of esters is 2. The van der Waals surface area contributed by atoms with Crippen molar-refractivity contribution in [2.24, 2.45) is 0 Å². The Balaban J connectivity index is 2.20.